The van der Waals surface area contributed by atoms with Gasteiger partial charge in [-0.2, -0.15) is 0 Å². The van der Waals surface area contributed by atoms with Crippen LogP contribution in [0.25, 0.3) is 11.0 Å². The predicted molar refractivity (Wildman–Crippen MR) is 122 cm³/mol. The van der Waals surface area contributed by atoms with Crippen LogP contribution in [0.2, 0.25) is 0 Å². The van der Waals surface area contributed by atoms with E-state index in [1.54, 1.807) is 17.0 Å². The lowest BCUT2D eigenvalue weighted by atomic mass is 9.98. The number of hydrogen-bond donors (Lipinski definition) is 0. The van der Waals surface area contributed by atoms with Crippen molar-refractivity contribution >= 4 is 16.9 Å². The summed E-state index contributed by atoms with van der Waals surface area (Å²) in [7, 11) is 0. The van der Waals surface area contributed by atoms with E-state index in [4.69, 9.17) is 9.15 Å². The van der Waals surface area contributed by atoms with Gasteiger partial charge in [-0.3, -0.25) is 9.59 Å². The van der Waals surface area contributed by atoms with Gasteiger partial charge in [-0.25, -0.2) is 0 Å². The van der Waals surface area contributed by atoms with Crippen LogP contribution in [0.15, 0.2) is 57.7 Å². The Balaban J connectivity index is 1.75. The van der Waals surface area contributed by atoms with Crippen LogP contribution < -0.4 is 10.2 Å². The molecule has 0 spiro atoms. The van der Waals surface area contributed by atoms with Gasteiger partial charge in [0.25, 0.3) is 5.91 Å². The van der Waals surface area contributed by atoms with E-state index in [2.05, 4.69) is 13.8 Å². The van der Waals surface area contributed by atoms with E-state index in [1.165, 1.54) is 0 Å². The molecule has 1 unspecified atom stereocenters. The fourth-order valence-corrected chi connectivity index (χ4v) is 4.16. The predicted octanol–water partition coefficient (Wildman–Crippen LogP) is 5.71. The summed E-state index contributed by atoms with van der Waals surface area (Å²) >= 11 is 0. The molecule has 1 amide bonds. The Morgan fingerprint density at radius 3 is 2.42 bits per heavy atom. The average molecular weight is 420 g/mol. The Labute approximate surface area is 182 Å². The number of carbonyl (C=O) groups is 1. The zero-order valence-electron chi connectivity index (χ0n) is 18.2. The summed E-state index contributed by atoms with van der Waals surface area (Å²) in [5.41, 5.74) is 1.67. The summed E-state index contributed by atoms with van der Waals surface area (Å²) in [6.45, 7) is 5.53. The smallest absolute Gasteiger partial charge is 0.290 e. The highest BCUT2D eigenvalue weighted by Crippen LogP contribution is 2.38. The van der Waals surface area contributed by atoms with Crippen molar-refractivity contribution in [2.45, 2.75) is 52.0 Å². The summed E-state index contributed by atoms with van der Waals surface area (Å²) in [5, 5.41) is 0.508. The molecule has 31 heavy (non-hydrogen) atoms. The fourth-order valence-electron chi connectivity index (χ4n) is 4.16. The van der Waals surface area contributed by atoms with Crippen LogP contribution in [-0.2, 0) is 0 Å². The van der Waals surface area contributed by atoms with Crippen molar-refractivity contribution in [3.63, 3.8) is 0 Å². The molecule has 0 N–H and O–H groups in total. The van der Waals surface area contributed by atoms with E-state index in [1.807, 2.05) is 36.4 Å². The van der Waals surface area contributed by atoms with E-state index in [0.717, 1.165) is 43.4 Å². The summed E-state index contributed by atoms with van der Waals surface area (Å²) in [6, 6.07) is 14.4. The Hall–Kier alpha value is -3.08. The third kappa shape index (κ3) is 4.09. The molecular formula is C26H29NO4. The topological polar surface area (TPSA) is 59.8 Å². The number of para-hydroxylation sites is 1. The molecule has 0 bridgehead atoms. The SMILES string of the molecule is CCCCCN1C(=O)c2oc3ccccc3c(=O)c2C1c1ccc(OCCCC)cc1. The summed E-state index contributed by atoms with van der Waals surface area (Å²) in [6.07, 6.45) is 5.06. The van der Waals surface area contributed by atoms with Crippen molar-refractivity contribution in [1.29, 1.82) is 0 Å². The maximum atomic E-state index is 13.4. The molecule has 1 atom stereocenters. The molecule has 0 saturated carbocycles. The molecule has 5 heteroatoms. The van der Waals surface area contributed by atoms with Crippen molar-refractivity contribution in [2.24, 2.45) is 0 Å². The Bertz CT molecular complexity index is 1120. The van der Waals surface area contributed by atoms with Crippen LogP contribution in [-0.4, -0.2) is 24.0 Å². The third-order valence-corrected chi connectivity index (χ3v) is 5.84. The molecule has 4 rings (SSSR count). The van der Waals surface area contributed by atoms with Gasteiger partial charge in [-0.15, -0.1) is 0 Å². The molecule has 0 aliphatic carbocycles. The second-order valence-electron chi connectivity index (χ2n) is 8.05. The first-order valence-electron chi connectivity index (χ1n) is 11.2. The number of benzene rings is 2. The first-order valence-corrected chi connectivity index (χ1v) is 11.2. The van der Waals surface area contributed by atoms with E-state index in [9.17, 15) is 9.59 Å². The monoisotopic (exact) mass is 419 g/mol. The van der Waals surface area contributed by atoms with Crippen molar-refractivity contribution in [3.8, 4) is 5.75 Å². The zero-order chi connectivity index (χ0) is 21.8. The summed E-state index contributed by atoms with van der Waals surface area (Å²) in [4.78, 5) is 28.5. The summed E-state index contributed by atoms with van der Waals surface area (Å²) < 4.78 is 11.7. The minimum Gasteiger partial charge on any atom is -0.494 e. The molecular weight excluding hydrogens is 390 g/mol. The lowest BCUT2D eigenvalue weighted by molar-refractivity contribution is 0.0724. The highest BCUT2D eigenvalue weighted by Gasteiger charge is 2.42. The van der Waals surface area contributed by atoms with Crippen LogP contribution in [0.4, 0.5) is 0 Å². The molecule has 5 nitrogen and oxygen atoms in total. The maximum absolute atomic E-state index is 13.4. The first-order chi connectivity index (χ1) is 15.2. The van der Waals surface area contributed by atoms with E-state index >= 15 is 0 Å². The molecule has 2 heterocycles. The average Bonchev–Trinajstić information content (AvgIpc) is 3.07. The summed E-state index contributed by atoms with van der Waals surface area (Å²) in [5.74, 6) is 0.764. The number of ether oxygens (including phenoxy) is 1. The highest BCUT2D eigenvalue weighted by atomic mass is 16.5. The Kier molecular flexibility index (Phi) is 6.40. The molecule has 0 fully saturated rings. The van der Waals surface area contributed by atoms with E-state index in [-0.39, 0.29) is 17.1 Å². The number of hydrogen-bond acceptors (Lipinski definition) is 4. The van der Waals surface area contributed by atoms with Crippen LogP contribution in [0.5, 0.6) is 5.75 Å². The van der Waals surface area contributed by atoms with Gasteiger partial charge in [0.05, 0.1) is 23.6 Å². The van der Waals surface area contributed by atoms with Gasteiger partial charge in [0.15, 0.2) is 5.43 Å². The van der Waals surface area contributed by atoms with Gasteiger partial charge in [0, 0.05) is 6.54 Å². The largest absolute Gasteiger partial charge is 0.494 e. The van der Waals surface area contributed by atoms with Gasteiger partial charge in [0.1, 0.15) is 11.3 Å². The van der Waals surface area contributed by atoms with Gasteiger partial charge >= 0.3 is 0 Å². The minimum atomic E-state index is -0.440. The molecule has 2 aromatic carbocycles. The number of carbonyl (C=O) groups excluding carboxylic acids is 1. The molecule has 0 radical (unpaired) electrons. The van der Waals surface area contributed by atoms with Crippen molar-refractivity contribution < 1.29 is 13.9 Å². The van der Waals surface area contributed by atoms with Gasteiger partial charge in [0.2, 0.25) is 5.76 Å². The zero-order valence-corrected chi connectivity index (χ0v) is 18.2. The molecule has 3 aromatic rings. The number of fused-ring (bicyclic) bond motifs is 2. The van der Waals surface area contributed by atoms with Gasteiger partial charge < -0.3 is 14.1 Å². The van der Waals surface area contributed by atoms with Gasteiger partial charge in [-0.05, 0) is 42.7 Å². The minimum absolute atomic E-state index is 0.128. The molecule has 1 aromatic heterocycles. The Morgan fingerprint density at radius 2 is 1.68 bits per heavy atom. The second kappa shape index (κ2) is 9.38. The lowest BCUT2D eigenvalue weighted by Gasteiger charge is -2.25. The second-order valence-corrected chi connectivity index (χ2v) is 8.05. The quantitative estimate of drug-likeness (QED) is 0.417. The van der Waals surface area contributed by atoms with E-state index in [0.29, 0.717) is 29.7 Å². The van der Waals surface area contributed by atoms with Crippen molar-refractivity contribution in [1.82, 2.24) is 4.90 Å². The fraction of sp³-hybridized carbons (Fsp3) is 0.385. The van der Waals surface area contributed by atoms with Crippen LogP contribution in [0.3, 0.4) is 0 Å². The molecule has 1 aliphatic heterocycles. The van der Waals surface area contributed by atoms with Crippen LogP contribution >= 0.6 is 0 Å². The van der Waals surface area contributed by atoms with E-state index < -0.39 is 6.04 Å². The highest BCUT2D eigenvalue weighted by molar-refractivity contribution is 5.99. The lowest BCUT2D eigenvalue weighted by Crippen LogP contribution is -2.30. The number of amides is 1. The molecule has 0 saturated heterocycles. The molecule has 1 aliphatic rings. The van der Waals surface area contributed by atoms with Crippen LogP contribution in [0, 0.1) is 0 Å². The number of rotatable bonds is 9. The van der Waals surface area contributed by atoms with Gasteiger partial charge in [-0.1, -0.05) is 57.4 Å². The van der Waals surface area contributed by atoms with Crippen molar-refractivity contribution in [3.05, 3.63) is 75.6 Å². The standard InChI is InChI=1S/C26H29NO4/c1-3-5-9-16-27-23(18-12-14-19(15-13-18)30-17-6-4-2)22-24(28)20-10-7-8-11-21(20)31-25(22)26(27)29/h7-8,10-15,23H,3-6,9,16-17H2,1-2H3. The molecule has 162 valence electrons. The Morgan fingerprint density at radius 1 is 0.935 bits per heavy atom. The third-order valence-electron chi connectivity index (χ3n) is 5.84. The van der Waals surface area contributed by atoms with Crippen molar-refractivity contribution in [2.75, 3.05) is 13.2 Å². The number of unbranched alkanes of at least 4 members (excludes halogenated alkanes) is 3. The maximum Gasteiger partial charge on any atom is 0.290 e. The normalized spacial score (nSPS) is 15.5. The number of nitrogens with zero attached hydrogens (tertiary/aromatic N) is 1. The van der Waals surface area contributed by atoms with Crippen LogP contribution in [0.1, 0.15) is 73.7 Å². The first kappa shape index (κ1) is 21.2.